The summed E-state index contributed by atoms with van der Waals surface area (Å²) in [7, 11) is 0. The molecule has 112 valence electrons. The summed E-state index contributed by atoms with van der Waals surface area (Å²) < 4.78 is 2.11. The molecule has 0 radical (unpaired) electrons. The van der Waals surface area contributed by atoms with Crippen LogP contribution in [-0.4, -0.2) is 19.5 Å². The van der Waals surface area contributed by atoms with E-state index in [1.807, 2.05) is 36.8 Å². The molecular weight excluding hydrogens is 274 g/mol. The van der Waals surface area contributed by atoms with Crippen molar-refractivity contribution in [1.29, 1.82) is 0 Å². The SMILES string of the molecule is CC(C)n1ccnc1-c1cnc(NCc2ccccc2)nc1. The number of nitrogens with zero attached hydrogens (tertiary/aromatic N) is 4. The zero-order valence-electron chi connectivity index (χ0n) is 12.8. The minimum absolute atomic E-state index is 0.355. The second kappa shape index (κ2) is 6.39. The first-order valence-corrected chi connectivity index (χ1v) is 7.37. The number of imidazole rings is 1. The molecule has 2 aromatic heterocycles. The average Bonchev–Trinajstić information content (AvgIpc) is 3.04. The zero-order valence-corrected chi connectivity index (χ0v) is 12.8. The summed E-state index contributed by atoms with van der Waals surface area (Å²) in [5, 5.41) is 3.22. The fourth-order valence-corrected chi connectivity index (χ4v) is 2.27. The fraction of sp³-hybridized carbons (Fsp3) is 0.235. The van der Waals surface area contributed by atoms with Crippen molar-refractivity contribution >= 4 is 5.95 Å². The second-order valence-electron chi connectivity index (χ2n) is 5.39. The maximum Gasteiger partial charge on any atom is 0.222 e. The minimum atomic E-state index is 0.355. The van der Waals surface area contributed by atoms with Crippen LogP contribution in [0.2, 0.25) is 0 Å². The van der Waals surface area contributed by atoms with Crippen LogP contribution in [0.25, 0.3) is 11.4 Å². The summed E-state index contributed by atoms with van der Waals surface area (Å²) in [4.78, 5) is 13.1. The number of nitrogens with one attached hydrogen (secondary N) is 1. The Kier molecular flexibility index (Phi) is 4.14. The molecule has 0 bridgehead atoms. The number of anilines is 1. The second-order valence-corrected chi connectivity index (χ2v) is 5.39. The normalized spacial score (nSPS) is 10.9. The fourth-order valence-electron chi connectivity index (χ4n) is 2.27. The average molecular weight is 293 g/mol. The number of hydrogen-bond donors (Lipinski definition) is 1. The van der Waals surface area contributed by atoms with E-state index in [2.05, 4.69) is 50.8 Å². The lowest BCUT2D eigenvalue weighted by Crippen LogP contribution is -2.05. The Hall–Kier alpha value is -2.69. The molecule has 0 aliphatic heterocycles. The van der Waals surface area contributed by atoms with Gasteiger partial charge in [0.1, 0.15) is 5.82 Å². The lowest BCUT2D eigenvalue weighted by atomic mass is 10.2. The van der Waals surface area contributed by atoms with Gasteiger partial charge in [-0.05, 0) is 19.4 Å². The summed E-state index contributed by atoms with van der Waals surface area (Å²) in [6.45, 7) is 4.96. The molecule has 2 heterocycles. The first-order chi connectivity index (χ1) is 10.7. The lowest BCUT2D eigenvalue weighted by molar-refractivity contribution is 0.606. The Bertz CT molecular complexity index is 716. The third-order valence-electron chi connectivity index (χ3n) is 3.43. The number of aromatic nitrogens is 4. The lowest BCUT2D eigenvalue weighted by Gasteiger charge is -2.11. The van der Waals surface area contributed by atoms with Crippen molar-refractivity contribution in [3.63, 3.8) is 0 Å². The van der Waals surface area contributed by atoms with E-state index in [1.165, 1.54) is 5.56 Å². The van der Waals surface area contributed by atoms with Crippen LogP contribution in [0, 0.1) is 0 Å². The van der Waals surface area contributed by atoms with Crippen LogP contribution < -0.4 is 5.32 Å². The van der Waals surface area contributed by atoms with Crippen molar-refractivity contribution in [2.24, 2.45) is 0 Å². The molecule has 3 rings (SSSR count). The van der Waals surface area contributed by atoms with Crippen LogP contribution in [0.3, 0.4) is 0 Å². The molecule has 5 nitrogen and oxygen atoms in total. The number of hydrogen-bond acceptors (Lipinski definition) is 4. The smallest absolute Gasteiger partial charge is 0.222 e. The predicted octanol–water partition coefficient (Wildman–Crippen LogP) is 3.53. The first kappa shape index (κ1) is 14.3. The number of rotatable bonds is 5. The third-order valence-corrected chi connectivity index (χ3v) is 3.43. The summed E-state index contributed by atoms with van der Waals surface area (Å²) in [6.07, 6.45) is 7.39. The topological polar surface area (TPSA) is 55.6 Å². The third kappa shape index (κ3) is 3.14. The van der Waals surface area contributed by atoms with Crippen LogP contribution in [0.15, 0.2) is 55.1 Å². The van der Waals surface area contributed by atoms with E-state index in [4.69, 9.17) is 0 Å². The Labute approximate surface area is 130 Å². The van der Waals surface area contributed by atoms with E-state index in [0.717, 1.165) is 11.4 Å². The molecule has 1 aromatic carbocycles. The van der Waals surface area contributed by atoms with Gasteiger partial charge in [0.15, 0.2) is 0 Å². The van der Waals surface area contributed by atoms with Crippen LogP contribution in [0.1, 0.15) is 25.5 Å². The molecule has 0 amide bonds. The molecule has 22 heavy (non-hydrogen) atoms. The van der Waals surface area contributed by atoms with Gasteiger partial charge in [0.25, 0.3) is 0 Å². The Morgan fingerprint density at radius 3 is 2.45 bits per heavy atom. The standard InChI is InChI=1S/C17H19N5/c1-13(2)22-9-8-18-16(22)15-11-20-17(21-12-15)19-10-14-6-4-3-5-7-14/h3-9,11-13H,10H2,1-2H3,(H,19,20,21). The van der Waals surface area contributed by atoms with Gasteiger partial charge in [-0.3, -0.25) is 0 Å². The van der Waals surface area contributed by atoms with Crippen molar-refractivity contribution in [2.75, 3.05) is 5.32 Å². The first-order valence-electron chi connectivity index (χ1n) is 7.37. The molecule has 0 aliphatic rings. The Morgan fingerprint density at radius 1 is 1.05 bits per heavy atom. The van der Waals surface area contributed by atoms with Gasteiger partial charge in [0.05, 0.1) is 5.56 Å². The maximum atomic E-state index is 4.39. The molecule has 0 saturated carbocycles. The zero-order chi connectivity index (χ0) is 15.4. The molecule has 3 aromatic rings. The van der Waals surface area contributed by atoms with Gasteiger partial charge in [0.2, 0.25) is 5.95 Å². The molecule has 0 unspecified atom stereocenters. The molecule has 0 fully saturated rings. The van der Waals surface area contributed by atoms with Crippen molar-refractivity contribution < 1.29 is 0 Å². The van der Waals surface area contributed by atoms with Crippen LogP contribution in [0.4, 0.5) is 5.95 Å². The van der Waals surface area contributed by atoms with Crippen LogP contribution in [-0.2, 0) is 6.54 Å². The largest absolute Gasteiger partial charge is 0.350 e. The van der Waals surface area contributed by atoms with E-state index in [-0.39, 0.29) is 0 Å². The minimum Gasteiger partial charge on any atom is -0.350 e. The highest BCUT2D eigenvalue weighted by Gasteiger charge is 2.09. The predicted molar refractivity (Wildman–Crippen MR) is 87.4 cm³/mol. The molecular formula is C17H19N5. The highest BCUT2D eigenvalue weighted by Crippen LogP contribution is 2.20. The number of benzene rings is 1. The van der Waals surface area contributed by atoms with E-state index >= 15 is 0 Å². The molecule has 0 aliphatic carbocycles. The quantitative estimate of drug-likeness (QED) is 0.782. The van der Waals surface area contributed by atoms with Gasteiger partial charge in [-0.1, -0.05) is 30.3 Å². The highest BCUT2D eigenvalue weighted by atomic mass is 15.1. The van der Waals surface area contributed by atoms with Crippen LogP contribution in [0.5, 0.6) is 0 Å². The van der Waals surface area contributed by atoms with E-state index in [0.29, 0.717) is 18.5 Å². The van der Waals surface area contributed by atoms with Crippen molar-refractivity contribution in [1.82, 2.24) is 19.5 Å². The van der Waals surface area contributed by atoms with E-state index in [1.54, 1.807) is 6.20 Å². The van der Waals surface area contributed by atoms with Crippen molar-refractivity contribution in [3.05, 3.63) is 60.7 Å². The molecule has 1 N–H and O–H groups in total. The van der Waals surface area contributed by atoms with E-state index in [9.17, 15) is 0 Å². The monoisotopic (exact) mass is 293 g/mol. The van der Waals surface area contributed by atoms with Crippen molar-refractivity contribution in [3.8, 4) is 11.4 Å². The summed E-state index contributed by atoms with van der Waals surface area (Å²) in [6, 6.07) is 10.5. The summed E-state index contributed by atoms with van der Waals surface area (Å²) in [5.74, 6) is 1.51. The van der Waals surface area contributed by atoms with Gasteiger partial charge in [-0.15, -0.1) is 0 Å². The molecule has 5 heteroatoms. The van der Waals surface area contributed by atoms with Gasteiger partial charge in [0, 0.05) is 37.4 Å². The Morgan fingerprint density at radius 2 is 1.77 bits per heavy atom. The van der Waals surface area contributed by atoms with E-state index < -0.39 is 0 Å². The van der Waals surface area contributed by atoms with Gasteiger partial charge in [-0.2, -0.15) is 0 Å². The Balaban J connectivity index is 1.71. The summed E-state index contributed by atoms with van der Waals surface area (Å²) >= 11 is 0. The molecule has 0 spiro atoms. The van der Waals surface area contributed by atoms with Gasteiger partial charge in [-0.25, -0.2) is 15.0 Å². The van der Waals surface area contributed by atoms with Crippen LogP contribution >= 0.6 is 0 Å². The van der Waals surface area contributed by atoms with Crippen molar-refractivity contribution in [2.45, 2.75) is 26.4 Å². The van der Waals surface area contributed by atoms with Gasteiger partial charge >= 0.3 is 0 Å². The molecule has 0 saturated heterocycles. The van der Waals surface area contributed by atoms with Gasteiger partial charge < -0.3 is 9.88 Å². The molecule has 0 atom stereocenters. The summed E-state index contributed by atoms with van der Waals surface area (Å²) in [5.41, 5.74) is 2.12. The highest BCUT2D eigenvalue weighted by molar-refractivity contribution is 5.53. The maximum absolute atomic E-state index is 4.39.